The fourth-order valence-corrected chi connectivity index (χ4v) is 6.04. The smallest absolute Gasteiger partial charge is 0.256 e. The molecule has 0 aromatic heterocycles. The first-order valence-electron chi connectivity index (χ1n) is 12.8. The van der Waals surface area contributed by atoms with Gasteiger partial charge in [-0.25, -0.2) is 0 Å². The van der Waals surface area contributed by atoms with Gasteiger partial charge in [-0.2, -0.15) is 0 Å². The van der Waals surface area contributed by atoms with Crippen LogP contribution in [0.5, 0.6) is 0 Å². The van der Waals surface area contributed by atoms with E-state index in [1.54, 1.807) is 0 Å². The molecule has 2 aromatic rings. The van der Waals surface area contributed by atoms with Gasteiger partial charge < -0.3 is 14.7 Å². The van der Waals surface area contributed by atoms with Gasteiger partial charge in [-0.15, -0.1) is 0 Å². The van der Waals surface area contributed by atoms with Crippen LogP contribution in [-0.2, 0) is 6.42 Å². The maximum Gasteiger partial charge on any atom is 0.256 e. The number of para-hydroxylation sites is 1. The molecule has 0 unspecified atom stereocenters. The van der Waals surface area contributed by atoms with Crippen LogP contribution in [0.15, 0.2) is 48.5 Å². The number of rotatable bonds is 6. The molecule has 5 nitrogen and oxygen atoms in total. The van der Waals surface area contributed by atoms with Crippen molar-refractivity contribution in [2.24, 2.45) is 0 Å². The van der Waals surface area contributed by atoms with Crippen LogP contribution < -0.4 is 4.90 Å². The second-order valence-corrected chi connectivity index (χ2v) is 10.1. The van der Waals surface area contributed by atoms with Crippen molar-refractivity contribution < 1.29 is 4.79 Å². The van der Waals surface area contributed by atoms with Gasteiger partial charge in [-0.3, -0.25) is 9.69 Å². The molecule has 0 aliphatic carbocycles. The van der Waals surface area contributed by atoms with Gasteiger partial charge in [0.05, 0.1) is 11.3 Å². The molecule has 0 bridgehead atoms. The van der Waals surface area contributed by atoms with Gasteiger partial charge in [0.25, 0.3) is 5.91 Å². The summed E-state index contributed by atoms with van der Waals surface area (Å²) in [5, 5.41) is 0. The Balaban J connectivity index is 1.35. The van der Waals surface area contributed by atoms with E-state index in [2.05, 4.69) is 76.0 Å². The summed E-state index contributed by atoms with van der Waals surface area (Å²) < 4.78 is 0. The predicted octanol–water partition coefficient (Wildman–Crippen LogP) is 4.05. The van der Waals surface area contributed by atoms with Gasteiger partial charge in [0.15, 0.2) is 0 Å². The van der Waals surface area contributed by atoms with Gasteiger partial charge in [0, 0.05) is 44.8 Å². The molecule has 3 heterocycles. The molecule has 3 aliphatic rings. The van der Waals surface area contributed by atoms with E-state index >= 15 is 0 Å². The topological polar surface area (TPSA) is 30.0 Å². The fraction of sp³-hybridized carbons (Fsp3) is 0.536. The Morgan fingerprint density at radius 2 is 1.76 bits per heavy atom. The van der Waals surface area contributed by atoms with Crippen LogP contribution in [0.3, 0.4) is 0 Å². The standard InChI is InChI=1S/C28H38N4O/c1-22(23-8-4-3-5-9-23)32(25-13-16-29(2)17-14-25)21-20-31-19-18-30-15-7-11-24-10-6-12-26(27(24)30)28(31)33/h3-6,8-10,12,22,25H,7,11,13-21H2,1-2H3/t22-/m1/s1. The third kappa shape index (κ3) is 4.67. The lowest BCUT2D eigenvalue weighted by atomic mass is 9.97. The number of likely N-dealkylation sites (tertiary alicyclic amines) is 1. The van der Waals surface area contributed by atoms with Crippen LogP contribution in [0.2, 0.25) is 0 Å². The number of carbonyl (C=O) groups excluding carboxylic acids is 1. The molecule has 33 heavy (non-hydrogen) atoms. The van der Waals surface area contributed by atoms with Crippen molar-refractivity contribution >= 4 is 11.6 Å². The predicted molar refractivity (Wildman–Crippen MR) is 135 cm³/mol. The minimum Gasteiger partial charge on any atom is -0.369 e. The van der Waals surface area contributed by atoms with Crippen molar-refractivity contribution in [2.75, 3.05) is 57.8 Å². The highest BCUT2D eigenvalue weighted by Crippen LogP contribution is 2.34. The molecule has 5 rings (SSSR count). The molecule has 0 N–H and O–H groups in total. The summed E-state index contributed by atoms with van der Waals surface area (Å²) >= 11 is 0. The van der Waals surface area contributed by atoms with Crippen molar-refractivity contribution in [1.29, 1.82) is 0 Å². The highest BCUT2D eigenvalue weighted by molar-refractivity contribution is 6.01. The molecule has 1 atom stereocenters. The van der Waals surface area contributed by atoms with Gasteiger partial charge in [0.2, 0.25) is 0 Å². The van der Waals surface area contributed by atoms with Crippen molar-refractivity contribution in [3.63, 3.8) is 0 Å². The largest absolute Gasteiger partial charge is 0.369 e. The first-order chi connectivity index (χ1) is 16.1. The first kappa shape index (κ1) is 22.4. The van der Waals surface area contributed by atoms with E-state index in [-0.39, 0.29) is 5.91 Å². The molecule has 1 saturated heterocycles. The molecule has 1 fully saturated rings. The van der Waals surface area contributed by atoms with Crippen LogP contribution in [-0.4, -0.2) is 79.5 Å². The fourth-order valence-electron chi connectivity index (χ4n) is 6.04. The zero-order valence-electron chi connectivity index (χ0n) is 20.2. The highest BCUT2D eigenvalue weighted by atomic mass is 16.2. The average Bonchev–Trinajstić information content (AvgIpc) is 2.99. The van der Waals surface area contributed by atoms with E-state index in [9.17, 15) is 4.79 Å². The van der Waals surface area contributed by atoms with Crippen LogP contribution in [0.4, 0.5) is 5.69 Å². The Hall–Kier alpha value is -2.37. The number of nitrogens with zero attached hydrogens (tertiary/aromatic N) is 4. The lowest BCUT2D eigenvalue weighted by molar-refractivity contribution is 0.0611. The summed E-state index contributed by atoms with van der Waals surface area (Å²) in [7, 11) is 2.22. The minimum atomic E-state index is 0.215. The molecular weight excluding hydrogens is 408 g/mol. The van der Waals surface area contributed by atoms with Crippen LogP contribution in [0.1, 0.15) is 53.7 Å². The van der Waals surface area contributed by atoms with E-state index in [1.807, 2.05) is 6.07 Å². The van der Waals surface area contributed by atoms with E-state index in [4.69, 9.17) is 0 Å². The average molecular weight is 447 g/mol. The van der Waals surface area contributed by atoms with Crippen molar-refractivity contribution in [1.82, 2.24) is 14.7 Å². The highest BCUT2D eigenvalue weighted by Gasteiger charge is 2.32. The maximum absolute atomic E-state index is 13.6. The first-order valence-corrected chi connectivity index (χ1v) is 12.8. The molecule has 5 heteroatoms. The number of amides is 1. The molecule has 2 aromatic carbocycles. The molecule has 0 spiro atoms. The normalized spacial score (nSPS) is 20.6. The van der Waals surface area contributed by atoms with Crippen molar-refractivity contribution in [2.45, 2.75) is 44.7 Å². The van der Waals surface area contributed by atoms with Crippen molar-refractivity contribution in [3.05, 3.63) is 65.2 Å². The second kappa shape index (κ2) is 9.86. The SMILES string of the molecule is C[C@H](c1ccccc1)N(CCN1CCN2CCCc3cccc(c32)C1=O)C1CCN(C)CC1. The summed E-state index contributed by atoms with van der Waals surface area (Å²) in [5.41, 5.74) is 4.83. The monoisotopic (exact) mass is 446 g/mol. The summed E-state index contributed by atoms with van der Waals surface area (Å²) in [5.74, 6) is 0.215. The second-order valence-electron chi connectivity index (χ2n) is 10.1. The quantitative estimate of drug-likeness (QED) is 0.670. The third-order valence-corrected chi connectivity index (χ3v) is 8.03. The van der Waals surface area contributed by atoms with Crippen LogP contribution in [0.25, 0.3) is 0 Å². The van der Waals surface area contributed by atoms with Gasteiger partial charge in [-0.05, 0) is 69.9 Å². The Morgan fingerprint density at radius 3 is 2.55 bits per heavy atom. The number of hydrogen-bond donors (Lipinski definition) is 0. The van der Waals surface area contributed by atoms with E-state index in [0.717, 1.165) is 57.8 Å². The summed E-state index contributed by atoms with van der Waals surface area (Å²) in [6.45, 7) is 9.17. The molecular formula is C28H38N4O. The third-order valence-electron chi connectivity index (χ3n) is 8.03. The Morgan fingerprint density at radius 1 is 0.970 bits per heavy atom. The zero-order chi connectivity index (χ0) is 22.8. The van der Waals surface area contributed by atoms with Crippen LogP contribution in [0, 0.1) is 0 Å². The minimum absolute atomic E-state index is 0.215. The maximum atomic E-state index is 13.6. The van der Waals surface area contributed by atoms with Gasteiger partial charge in [0.1, 0.15) is 0 Å². The lowest BCUT2D eigenvalue weighted by Gasteiger charge is -2.41. The van der Waals surface area contributed by atoms with Gasteiger partial charge in [-0.1, -0.05) is 42.5 Å². The number of aryl methyl sites for hydroxylation is 1. The number of hydrogen-bond acceptors (Lipinski definition) is 4. The molecule has 0 radical (unpaired) electrons. The molecule has 3 aliphatic heterocycles. The van der Waals surface area contributed by atoms with E-state index < -0.39 is 0 Å². The summed E-state index contributed by atoms with van der Waals surface area (Å²) in [6.07, 6.45) is 4.66. The van der Waals surface area contributed by atoms with Crippen LogP contribution >= 0.6 is 0 Å². The molecule has 176 valence electrons. The lowest BCUT2D eigenvalue weighted by Crippen LogP contribution is -2.48. The number of carbonyl (C=O) groups is 1. The molecule has 0 saturated carbocycles. The van der Waals surface area contributed by atoms with E-state index in [1.165, 1.54) is 36.1 Å². The zero-order valence-corrected chi connectivity index (χ0v) is 20.2. The molecule has 1 amide bonds. The Kier molecular flexibility index (Phi) is 6.70. The Bertz CT molecular complexity index is 954. The van der Waals surface area contributed by atoms with E-state index in [0.29, 0.717) is 12.1 Å². The summed E-state index contributed by atoms with van der Waals surface area (Å²) in [6, 6.07) is 18.1. The number of anilines is 1. The number of benzene rings is 2. The van der Waals surface area contributed by atoms with Gasteiger partial charge >= 0.3 is 0 Å². The Labute approximate surface area is 199 Å². The summed E-state index contributed by atoms with van der Waals surface area (Å²) in [4.78, 5) is 23.3. The van der Waals surface area contributed by atoms with Crippen molar-refractivity contribution in [3.8, 4) is 0 Å². The number of piperidine rings is 1.